The molecule has 0 amide bonds. The summed E-state index contributed by atoms with van der Waals surface area (Å²) in [5.41, 5.74) is 1.11. The average molecular weight is 280 g/mol. The van der Waals surface area contributed by atoms with Crippen LogP contribution in [0.2, 0.25) is 0 Å². The first-order chi connectivity index (χ1) is 9.29. The number of anilines is 2. The highest BCUT2D eigenvalue weighted by atomic mass is 32.2. The first-order valence-electron chi connectivity index (χ1n) is 7.22. The summed E-state index contributed by atoms with van der Waals surface area (Å²) in [5, 5.41) is 7.45. The molecule has 2 rings (SSSR count). The van der Waals surface area contributed by atoms with Crippen molar-refractivity contribution < 1.29 is 0 Å². The minimum absolute atomic E-state index is 0.728. The molecule has 2 heterocycles. The van der Waals surface area contributed by atoms with Crippen molar-refractivity contribution >= 4 is 23.5 Å². The van der Waals surface area contributed by atoms with E-state index in [9.17, 15) is 0 Å². The van der Waals surface area contributed by atoms with E-state index < -0.39 is 0 Å². The molecule has 106 valence electrons. The van der Waals surface area contributed by atoms with Crippen molar-refractivity contribution in [3.8, 4) is 0 Å². The second-order valence-electron chi connectivity index (χ2n) is 5.02. The number of hydrogen-bond acceptors (Lipinski definition) is 5. The normalized spacial score (nSPS) is 19.2. The number of aromatic nitrogens is 2. The number of nitrogens with zero attached hydrogens (tertiary/aromatic N) is 2. The molecule has 1 aromatic rings. The Hall–Kier alpha value is -0.970. The van der Waals surface area contributed by atoms with E-state index in [1.54, 1.807) is 0 Å². The van der Waals surface area contributed by atoms with Crippen molar-refractivity contribution in [3.05, 3.63) is 11.8 Å². The molecular weight excluding hydrogens is 256 g/mol. The van der Waals surface area contributed by atoms with Gasteiger partial charge in [0, 0.05) is 30.1 Å². The Morgan fingerprint density at radius 1 is 1.37 bits per heavy atom. The van der Waals surface area contributed by atoms with E-state index in [0.29, 0.717) is 0 Å². The SMILES string of the molecule is CCCNc1ncc(C)c(NCC2CCCCS2)n1. The fraction of sp³-hybridized carbons (Fsp3) is 0.714. The van der Waals surface area contributed by atoms with Gasteiger partial charge >= 0.3 is 0 Å². The van der Waals surface area contributed by atoms with Gasteiger partial charge in [-0.1, -0.05) is 13.3 Å². The molecule has 0 aromatic carbocycles. The minimum atomic E-state index is 0.728. The molecule has 0 spiro atoms. The van der Waals surface area contributed by atoms with Crippen LogP contribution in [0.5, 0.6) is 0 Å². The van der Waals surface area contributed by atoms with Crippen molar-refractivity contribution in [3.63, 3.8) is 0 Å². The predicted octanol–water partition coefficient (Wildman–Crippen LogP) is 3.30. The largest absolute Gasteiger partial charge is 0.369 e. The Morgan fingerprint density at radius 2 is 2.26 bits per heavy atom. The molecule has 0 bridgehead atoms. The molecule has 1 aliphatic heterocycles. The van der Waals surface area contributed by atoms with Crippen LogP contribution in [0, 0.1) is 6.92 Å². The molecule has 1 saturated heterocycles. The summed E-state index contributed by atoms with van der Waals surface area (Å²) in [6, 6.07) is 0. The van der Waals surface area contributed by atoms with E-state index in [-0.39, 0.29) is 0 Å². The third kappa shape index (κ3) is 4.56. The van der Waals surface area contributed by atoms with E-state index in [0.717, 1.165) is 42.1 Å². The van der Waals surface area contributed by atoms with Crippen LogP contribution >= 0.6 is 11.8 Å². The zero-order valence-corrected chi connectivity index (χ0v) is 12.7. The molecule has 1 unspecified atom stereocenters. The van der Waals surface area contributed by atoms with Crippen molar-refractivity contribution in [1.82, 2.24) is 9.97 Å². The highest BCUT2D eigenvalue weighted by molar-refractivity contribution is 7.99. The van der Waals surface area contributed by atoms with Gasteiger partial charge in [-0.3, -0.25) is 0 Å². The van der Waals surface area contributed by atoms with E-state index in [2.05, 4.69) is 46.2 Å². The third-order valence-electron chi connectivity index (χ3n) is 3.28. The molecule has 19 heavy (non-hydrogen) atoms. The number of nitrogens with one attached hydrogen (secondary N) is 2. The Balaban J connectivity index is 1.90. The van der Waals surface area contributed by atoms with Crippen LogP contribution in [0.15, 0.2) is 6.20 Å². The van der Waals surface area contributed by atoms with Crippen molar-refractivity contribution in [1.29, 1.82) is 0 Å². The summed E-state index contributed by atoms with van der Waals surface area (Å²) < 4.78 is 0. The van der Waals surface area contributed by atoms with Gasteiger partial charge in [-0.25, -0.2) is 4.98 Å². The van der Waals surface area contributed by atoms with Gasteiger partial charge in [-0.2, -0.15) is 16.7 Å². The molecule has 1 atom stereocenters. The summed E-state index contributed by atoms with van der Waals surface area (Å²) in [6.07, 6.45) is 7.03. The van der Waals surface area contributed by atoms with Gasteiger partial charge in [0.25, 0.3) is 0 Å². The monoisotopic (exact) mass is 280 g/mol. The summed E-state index contributed by atoms with van der Waals surface area (Å²) in [6.45, 7) is 6.12. The van der Waals surface area contributed by atoms with E-state index in [4.69, 9.17) is 0 Å². The van der Waals surface area contributed by atoms with Gasteiger partial charge in [-0.15, -0.1) is 0 Å². The van der Waals surface area contributed by atoms with Crippen LogP contribution in [0.1, 0.15) is 38.2 Å². The summed E-state index contributed by atoms with van der Waals surface area (Å²) >= 11 is 2.08. The van der Waals surface area contributed by atoms with Gasteiger partial charge in [0.2, 0.25) is 5.95 Å². The Morgan fingerprint density at radius 3 is 3.00 bits per heavy atom. The fourth-order valence-electron chi connectivity index (χ4n) is 2.12. The molecule has 0 radical (unpaired) electrons. The zero-order chi connectivity index (χ0) is 13.5. The third-order valence-corrected chi connectivity index (χ3v) is 4.67. The lowest BCUT2D eigenvalue weighted by Crippen LogP contribution is -2.21. The number of thioether (sulfide) groups is 1. The lowest BCUT2D eigenvalue weighted by atomic mass is 10.2. The zero-order valence-electron chi connectivity index (χ0n) is 11.9. The molecule has 2 N–H and O–H groups in total. The van der Waals surface area contributed by atoms with Crippen LogP contribution in [-0.4, -0.2) is 34.1 Å². The molecule has 0 saturated carbocycles. The molecular formula is C14H24N4S. The Bertz CT molecular complexity index is 391. The number of aryl methyl sites for hydroxylation is 1. The molecule has 4 nitrogen and oxygen atoms in total. The van der Waals surface area contributed by atoms with E-state index in [1.807, 2.05) is 6.20 Å². The summed E-state index contributed by atoms with van der Waals surface area (Å²) in [4.78, 5) is 8.86. The van der Waals surface area contributed by atoms with Gasteiger partial charge in [0.05, 0.1) is 0 Å². The van der Waals surface area contributed by atoms with Crippen LogP contribution in [-0.2, 0) is 0 Å². The summed E-state index contributed by atoms with van der Waals surface area (Å²) in [5.74, 6) is 3.00. The second kappa shape index (κ2) is 7.58. The molecule has 1 aromatic heterocycles. The van der Waals surface area contributed by atoms with Gasteiger partial charge in [-0.05, 0) is 31.9 Å². The Kier molecular flexibility index (Phi) is 5.76. The lowest BCUT2D eigenvalue weighted by Gasteiger charge is -2.22. The highest BCUT2D eigenvalue weighted by Crippen LogP contribution is 2.25. The maximum absolute atomic E-state index is 4.55. The van der Waals surface area contributed by atoms with Crippen LogP contribution < -0.4 is 10.6 Å². The van der Waals surface area contributed by atoms with Gasteiger partial charge in [0.1, 0.15) is 5.82 Å². The summed E-state index contributed by atoms with van der Waals surface area (Å²) in [7, 11) is 0. The van der Waals surface area contributed by atoms with Gasteiger partial charge < -0.3 is 10.6 Å². The smallest absolute Gasteiger partial charge is 0.224 e. The predicted molar refractivity (Wildman–Crippen MR) is 84.1 cm³/mol. The average Bonchev–Trinajstić information content (AvgIpc) is 2.46. The van der Waals surface area contributed by atoms with Crippen molar-refractivity contribution in [2.75, 3.05) is 29.5 Å². The number of rotatable bonds is 6. The second-order valence-corrected chi connectivity index (χ2v) is 6.43. The molecule has 0 aliphatic carbocycles. The van der Waals surface area contributed by atoms with Crippen LogP contribution in [0.3, 0.4) is 0 Å². The van der Waals surface area contributed by atoms with Gasteiger partial charge in [0.15, 0.2) is 0 Å². The van der Waals surface area contributed by atoms with Crippen LogP contribution in [0.4, 0.5) is 11.8 Å². The lowest BCUT2D eigenvalue weighted by molar-refractivity contribution is 0.676. The van der Waals surface area contributed by atoms with Crippen molar-refractivity contribution in [2.45, 2.75) is 44.8 Å². The maximum atomic E-state index is 4.55. The fourth-order valence-corrected chi connectivity index (χ4v) is 3.36. The van der Waals surface area contributed by atoms with E-state index in [1.165, 1.54) is 25.0 Å². The van der Waals surface area contributed by atoms with E-state index >= 15 is 0 Å². The number of hydrogen-bond donors (Lipinski definition) is 2. The highest BCUT2D eigenvalue weighted by Gasteiger charge is 2.14. The maximum Gasteiger partial charge on any atom is 0.224 e. The Labute approximate surface area is 120 Å². The minimum Gasteiger partial charge on any atom is -0.369 e. The molecule has 1 aliphatic rings. The quantitative estimate of drug-likeness (QED) is 0.837. The topological polar surface area (TPSA) is 49.8 Å². The first-order valence-corrected chi connectivity index (χ1v) is 8.27. The molecule has 1 fully saturated rings. The molecule has 5 heteroatoms. The first kappa shape index (κ1) is 14.4. The standard InChI is InChI=1S/C14H24N4S/c1-3-7-15-14-17-9-11(2)13(18-14)16-10-12-6-4-5-8-19-12/h9,12H,3-8,10H2,1-2H3,(H2,15,16,17,18). The van der Waals surface area contributed by atoms with Crippen molar-refractivity contribution in [2.24, 2.45) is 0 Å². The van der Waals surface area contributed by atoms with Crippen LogP contribution in [0.25, 0.3) is 0 Å².